The Hall–Kier alpha value is -0.470. The molecule has 0 saturated heterocycles. The van der Waals surface area contributed by atoms with E-state index >= 15 is 0 Å². The van der Waals surface area contributed by atoms with Gasteiger partial charge in [-0.1, -0.05) is 25.4 Å². The Bertz CT molecular complexity index is 323. The first-order chi connectivity index (χ1) is 7.72. The lowest BCUT2D eigenvalue weighted by Gasteiger charge is -2.23. The summed E-state index contributed by atoms with van der Waals surface area (Å²) in [6.07, 6.45) is 3.91. The number of anilines is 1. The van der Waals surface area contributed by atoms with Gasteiger partial charge in [0.15, 0.2) is 0 Å². The fraction of sp³-hybridized carbons (Fsp3) is 0.583. The molecule has 0 unspecified atom stereocenters. The average Bonchev–Trinajstić information content (AvgIpc) is 2.29. The number of hydrogen-bond donors (Lipinski definition) is 0. The summed E-state index contributed by atoms with van der Waals surface area (Å²) >= 11 is 11.8. The Kier molecular flexibility index (Phi) is 5.93. The Labute approximate surface area is 108 Å². The molecule has 0 bridgehead atoms. The van der Waals surface area contributed by atoms with Gasteiger partial charge in [-0.05, 0) is 24.5 Å². The molecule has 1 aromatic heterocycles. The first kappa shape index (κ1) is 13.6. The number of nitrogens with zero attached hydrogens (tertiary/aromatic N) is 2. The van der Waals surface area contributed by atoms with Gasteiger partial charge < -0.3 is 4.90 Å². The lowest BCUT2D eigenvalue weighted by Crippen LogP contribution is -2.25. The zero-order chi connectivity index (χ0) is 12.0. The van der Waals surface area contributed by atoms with Crippen LogP contribution in [0.1, 0.15) is 32.3 Å². The van der Waals surface area contributed by atoms with E-state index < -0.39 is 0 Å². The number of rotatable bonds is 6. The molecule has 2 nitrogen and oxygen atoms in total. The van der Waals surface area contributed by atoms with Gasteiger partial charge in [0, 0.05) is 25.2 Å². The Morgan fingerprint density at radius 1 is 1.25 bits per heavy atom. The minimum atomic E-state index is 0.431. The summed E-state index contributed by atoms with van der Waals surface area (Å²) in [4.78, 5) is 6.63. The van der Waals surface area contributed by atoms with Crippen LogP contribution in [0.25, 0.3) is 0 Å². The second-order valence-corrected chi connectivity index (χ2v) is 4.43. The fourth-order valence-electron chi connectivity index (χ4n) is 1.62. The first-order valence-corrected chi connectivity index (χ1v) is 6.59. The normalized spacial score (nSPS) is 10.5. The zero-order valence-corrected chi connectivity index (χ0v) is 11.4. The summed E-state index contributed by atoms with van der Waals surface area (Å²) in [5.41, 5.74) is 0.950. The Morgan fingerprint density at radius 3 is 2.38 bits per heavy atom. The highest BCUT2D eigenvalue weighted by Gasteiger charge is 2.08. The topological polar surface area (TPSA) is 16.1 Å². The van der Waals surface area contributed by atoms with E-state index in [1.165, 1.54) is 0 Å². The van der Waals surface area contributed by atoms with E-state index in [0.717, 1.165) is 37.3 Å². The minimum absolute atomic E-state index is 0.431. The smallest absolute Gasteiger partial charge is 0.128 e. The molecule has 0 amide bonds. The summed E-state index contributed by atoms with van der Waals surface area (Å²) < 4.78 is 0. The molecule has 1 rings (SSSR count). The zero-order valence-electron chi connectivity index (χ0n) is 9.84. The van der Waals surface area contributed by atoms with Crippen molar-refractivity contribution >= 4 is 29.0 Å². The maximum atomic E-state index is 5.99. The maximum Gasteiger partial charge on any atom is 0.128 e. The van der Waals surface area contributed by atoms with Crippen LogP contribution in [0, 0.1) is 0 Å². The van der Waals surface area contributed by atoms with Crippen LogP contribution in [-0.4, -0.2) is 18.1 Å². The number of pyridine rings is 1. The molecule has 4 heteroatoms. The predicted octanol–water partition coefficient (Wildman–Crippen LogP) is 4.10. The molecular formula is C12H18Cl2N2. The Balaban J connectivity index is 2.90. The van der Waals surface area contributed by atoms with Crippen LogP contribution in [0.2, 0.25) is 5.02 Å². The van der Waals surface area contributed by atoms with Gasteiger partial charge in [0.05, 0.1) is 5.02 Å². The summed E-state index contributed by atoms with van der Waals surface area (Å²) in [7, 11) is 0. The van der Waals surface area contributed by atoms with Crippen LogP contribution in [0.3, 0.4) is 0 Å². The minimum Gasteiger partial charge on any atom is -0.357 e. The van der Waals surface area contributed by atoms with Gasteiger partial charge in [-0.15, -0.1) is 11.6 Å². The van der Waals surface area contributed by atoms with Gasteiger partial charge in [0.25, 0.3) is 0 Å². The van der Waals surface area contributed by atoms with Crippen molar-refractivity contribution in [3.8, 4) is 0 Å². The molecule has 1 heterocycles. The standard InChI is InChI=1S/C12H18Cl2N2/c1-3-5-16(6-4-2)12-7-10(8-13)11(14)9-15-12/h7,9H,3-6,8H2,1-2H3. The maximum absolute atomic E-state index is 5.99. The molecule has 0 saturated carbocycles. The Morgan fingerprint density at radius 2 is 1.88 bits per heavy atom. The van der Waals surface area contributed by atoms with E-state index in [1.807, 2.05) is 6.07 Å². The van der Waals surface area contributed by atoms with Crippen LogP contribution in [0.15, 0.2) is 12.3 Å². The van der Waals surface area contributed by atoms with E-state index in [-0.39, 0.29) is 0 Å². The SMILES string of the molecule is CCCN(CCC)c1cc(CCl)c(Cl)cn1. The molecular weight excluding hydrogens is 243 g/mol. The van der Waals surface area contributed by atoms with Crippen LogP contribution in [0.5, 0.6) is 0 Å². The summed E-state index contributed by atoms with van der Waals surface area (Å²) in [6, 6.07) is 1.99. The van der Waals surface area contributed by atoms with Gasteiger partial charge in [-0.25, -0.2) is 4.98 Å². The van der Waals surface area contributed by atoms with Crippen molar-refractivity contribution in [2.24, 2.45) is 0 Å². The number of hydrogen-bond acceptors (Lipinski definition) is 2. The van der Waals surface area contributed by atoms with Gasteiger partial charge in [0.2, 0.25) is 0 Å². The molecule has 0 fully saturated rings. The van der Waals surface area contributed by atoms with Crippen molar-refractivity contribution in [3.63, 3.8) is 0 Å². The fourth-order valence-corrected chi connectivity index (χ4v) is 2.08. The van der Waals surface area contributed by atoms with Crippen molar-refractivity contribution in [1.82, 2.24) is 4.98 Å². The third-order valence-corrected chi connectivity index (χ3v) is 3.00. The second-order valence-electron chi connectivity index (χ2n) is 3.75. The van der Waals surface area contributed by atoms with Gasteiger partial charge in [0.1, 0.15) is 5.82 Å². The van der Waals surface area contributed by atoms with Crippen molar-refractivity contribution in [2.45, 2.75) is 32.6 Å². The van der Waals surface area contributed by atoms with Crippen LogP contribution < -0.4 is 4.90 Å². The highest BCUT2D eigenvalue weighted by atomic mass is 35.5. The van der Waals surface area contributed by atoms with Crippen molar-refractivity contribution in [1.29, 1.82) is 0 Å². The van der Waals surface area contributed by atoms with E-state index in [0.29, 0.717) is 10.9 Å². The van der Waals surface area contributed by atoms with Gasteiger partial charge >= 0.3 is 0 Å². The lowest BCUT2D eigenvalue weighted by molar-refractivity contribution is 0.734. The van der Waals surface area contributed by atoms with E-state index in [4.69, 9.17) is 23.2 Å². The predicted molar refractivity (Wildman–Crippen MR) is 71.6 cm³/mol. The number of alkyl halides is 1. The van der Waals surface area contributed by atoms with E-state index in [1.54, 1.807) is 6.20 Å². The second kappa shape index (κ2) is 6.97. The molecule has 16 heavy (non-hydrogen) atoms. The summed E-state index contributed by atoms with van der Waals surface area (Å²) in [6.45, 7) is 6.37. The highest BCUT2D eigenvalue weighted by molar-refractivity contribution is 6.32. The molecule has 0 spiro atoms. The third-order valence-electron chi connectivity index (χ3n) is 2.38. The molecule has 90 valence electrons. The van der Waals surface area contributed by atoms with Crippen molar-refractivity contribution < 1.29 is 0 Å². The molecule has 0 radical (unpaired) electrons. The molecule has 0 aliphatic heterocycles. The van der Waals surface area contributed by atoms with Gasteiger partial charge in [-0.3, -0.25) is 0 Å². The molecule has 0 aliphatic rings. The largest absolute Gasteiger partial charge is 0.357 e. The van der Waals surface area contributed by atoms with E-state index in [2.05, 4.69) is 23.7 Å². The van der Waals surface area contributed by atoms with Crippen molar-refractivity contribution in [2.75, 3.05) is 18.0 Å². The molecule has 0 aromatic carbocycles. The molecule has 1 aromatic rings. The van der Waals surface area contributed by atoms with Crippen LogP contribution >= 0.6 is 23.2 Å². The van der Waals surface area contributed by atoms with E-state index in [9.17, 15) is 0 Å². The monoisotopic (exact) mass is 260 g/mol. The average molecular weight is 261 g/mol. The molecule has 0 atom stereocenters. The highest BCUT2D eigenvalue weighted by Crippen LogP contribution is 2.22. The first-order valence-electron chi connectivity index (χ1n) is 5.68. The van der Waals surface area contributed by atoms with Crippen LogP contribution in [0.4, 0.5) is 5.82 Å². The third kappa shape index (κ3) is 3.53. The van der Waals surface area contributed by atoms with Crippen LogP contribution in [-0.2, 0) is 5.88 Å². The summed E-state index contributed by atoms with van der Waals surface area (Å²) in [5.74, 6) is 1.41. The molecule has 0 N–H and O–H groups in total. The van der Waals surface area contributed by atoms with Gasteiger partial charge in [-0.2, -0.15) is 0 Å². The number of halogens is 2. The lowest BCUT2D eigenvalue weighted by atomic mass is 10.2. The molecule has 0 aliphatic carbocycles. The number of aromatic nitrogens is 1. The van der Waals surface area contributed by atoms with Crippen molar-refractivity contribution in [3.05, 3.63) is 22.8 Å². The quantitative estimate of drug-likeness (QED) is 0.717. The summed E-state index contributed by atoms with van der Waals surface area (Å²) in [5, 5.41) is 0.645.